The van der Waals surface area contributed by atoms with Gasteiger partial charge in [0, 0.05) is 4.88 Å². The van der Waals surface area contributed by atoms with Gasteiger partial charge in [-0.05, 0) is 43.5 Å². The molecule has 0 aliphatic rings. The average molecular weight is 333 g/mol. The highest BCUT2D eigenvalue weighted by atomic mass is 32.1. The highest BCUT2D eigenvalue weighted by molar-refractivity contribution is 7.16. The van der Waals surface area contributed by atoms with E-state index in [1.54, 1.807) is 12.1 Å². The maximum Gasteiger partial charge on any atom is 0.338 e. The van der Waals surface area contributed by atoms with Gasteiger partial charge in [0.1, 0.15) is 10.8 Å². The minimum Gasteiger partial charge on any atom is -0.483 e. The first-order valence-corrected chi connectivity index (χ1v) is 8.08. The second-order valence-electron chi connectivity index (χ2n) is 5.15. The van der Waals surface area contributed by atoms with E-state index in [2.05, 4.69) is 5.32 Å². The van der Waals surface area contributed by atoms with E-state index in [4.69, 9.17) is 4.74 Å². The molecule has 1 heterocycles. The molecule has 0 aliphatic heterocycles. The van der Waals surface area contributed by atoms with Crippen molar-refractivity contribution in [2.45, 2.75) is 27.2 Å². The van der Waals surface area contributed by atoms with E-state index in [1.807, 2.05) is 32.9 Å². The predicted octanol–water partition coefficient (Wildman–Crippen LogP) is 3.64. The molecular weight excluding hydrogens is 314 g/mol. The van der Waals surface area contributed by atoms with Crippen molar-refractivity contribution in [2.75, 3.05) is 11.9 Å². The molecular formula is C17H19NO4S. The fourth-order valence-electron chi connectivity index (χ4n) is 2.05. The lowest BCUT2D eigenvalue weighted by Crippen LogP contribution is -2.21. The van der Waals surface area contributed by atoms with E-state index in [0.29, 0.717) is 10.8 Å². The number of benzene rings is 1. The first-order valence-electron chi connectivity index (χ1n) is 7.27. The van der Waals surface area contributed by atoms with E-state index in [9.17, 15) is 14.7 Å². The van der Waals surface area contributed by atoms with Gasteiger partial charge in [-0.3, -0.25) is 4.79 Å². The number of amides is 1. The van der Waals surface area contributed by atoms with E-state index in [-0.39, 0.29) is 18.1 Å². The van der Waals surface area contributed by atoms with Gasteiger partial charge in [0.05, 0.1) is 5.56 Å². The molecule has 23 heavy (non-hydrogen) atoms. The molecule has 0 aliphatic carbocycles. The molecule has 0 spiro atoms. The number of carboxylic acids is 1. The minimum absolute atomic E-state index is 0.118. The van der Waals surface area contributed by atoms with Crippen LogP contribution in [0.3, 0.4) is 0 Å². The molecule has 0 atom stereocenters. The van der Waals surface area contributed by atoms with Crippen molar-refractivity contribution in [1.29, 1.82) is 0 Å². The van der Waals surface area contributed by atoms with Gasteiger partial charge < -0.3 is 15.2 Å². The van der Waals surface area contributed by atoms with Gasteiger partial charge in [0.25, 0.3) is 5.91 Å². The zero-order chi connectivity index (χ0) is 17.0. The summed E-state index contributed by atoms with van der Waals surface area (Å²) in [7, 11) is 0. The van der Waals surface area contributed by atoms with Crippen LogP contribution in [0.15, 0.2) is 24.3 Å². The van der Waals surface area contributed by atoms with Crippen molar-refractivity contribution in [3.8, 4) is 5.75 Å². The van der Waals surface area contributed by atoms with E-state index < -0.39 is 5.97 Å². The number of carboxylic acid groups (broad SMARTS) is 1. The Morgan fingerprint density at radius 3 is 2.70 bits per heavy atom. The summed E-state index contributed by atoms with van der Waals surface area (Å²) in [5.41, 5.74) is 2.18. The smallest absolute Gasteiger partial charge is 0.338 e. The molecule has 1 aromatic heterocycles. The lowest BCUT2D eigenvalue weighted by Gasteiger charge is -2.10. The average Bonchev–Trinajstić information content (AvgIpc) is 2.92. The summed E-state index contributed by atoms with van der Waals surface area (Å²) >= 11 is 1.28. The largest absolute Gasteiger partial charge is 0.483 e. The van der Waals surface area contributed by atoms with E-state index in [1.165, 1.54) is 11.3 Å². The lowest BCUT2D eigenvalue weighted by molar-refractivity contribution is -0.118. The summed E-state index contributed by atoms with van der Waals surface area (Å²) in [6.07, 6.45) is 0.722. The molecule has 0 fully saturated rings. The van der Waals surface area contributed by atoms with E-state index in [0.717, 1.165) is 22.4 Å². The molecule has 0 bridgehead atoms. The van der Waals surface area contributed by atoms with Crippen LogP contribution in [-0.4, -0.2) is 23.6 Å². The van der Waals surface area contributed by atoms with Crippen LogP contribution in [0.2, 0.25) is 0 Å². The van der Waals surface area contributed by atoms with Crippen LogP contribution in [0.25, 0.3) is 0 Å². The SMILES string of the molecule is CCc1cc(C(=O)O)c(NC(=O)COc2cccc(C)c2C)s1. The van der Waals surface area contributed by atoms with Crippen molar-refractivity contribution >= 4 is 28.2 Å². The number of hydrogen-bond donors (Lipinski definition) is 2. The third-order valence-corrected chi connectivity index (χ3v) is 4.72. The van der Waals surface area contributed by atoms with Gasteiger partial charge in [0.2, 0.25) is 0 Å². The van der Waals surface area contributed by atoms with Crippen LogP contribution < -0.4 is 10.1 Å². The molecule has 6 heteroatoms. The minimum atomic E-state index is -1.05. The fraction of sp³-hybridized carbons (Fsp3) is 0.294. The Hall–Kier alpha value is -2.34. The molecule has 0 saturated carbocycles. The van der Waals surface area contributed by atoms with Gasteiger partial charge in [-0.25, -0.2) is 4.79 Å². The molecule has 2 rings (SSSR count). The maximum absolute atomic E-state index is 12.0. The number of aromatic carboxylic acids is 1. The summed E-state index contributed by atoms with van der Waals surface area (Å²) < 4.78 is 5.53. The first kappa shape index (κ1) is 17.0. The third-order valence-electron chi connectivity index (χ3n) is 3.53. The third kappa shape index (κ3) is 4.10. The topological polar surface area (TPSA) is 75.6 Å². The van der Waals surface area contributed by atoms with Crippen LogP contribution in [0.5, 0.6) is 5.75 Å². The summed E-state index contributed by atoms with van der Waals surface area (Å²) in [4.78, 5) is 24.2. The van der Waals surface area contributed by atoms with Crippen molar-refractivity contribution in [3.05, 3.63) is 45.8 Å². The van der Waals surface area contributed by atoms with Crippen molar-refractivity contribution in [3.63, 3.8) is 0 Å². The number of aryl methyl sites for hydroxylation is 2. The molecule has 0 radical (unpaired) electrons. The lowest BCUT2D eigenvalue weighted by atomic mass is 10.1. The summed E-state index contributed by atoms with van der Waals surface area (Å²) in [5.74, 6) is -0.774. The number of thiophene rings is 1. The number of nitrogens with one attached hydrogen (secondary N) is 1. The maximum atomic E-state index is 12.0. The first-order chi connectivity index (χ1) is 10.9. The molecule has 1 aromatic carbocycles. The Labute approximate surface area is 138 Å². The standard InChI is InChI=1S/C17H19NO4S/c1-4-12-8-13(17(20)21)16(23-12)18-15(19)9-22-14-7-5-6-10(2)11(14)3/h5-8H,4,9H2,1-3H3,(H,18,19)(H,20,21). The van der Waals surface area contributed by atoms with Crippen LogP contribution >= 0.6 is 11.3 Å². The molecule has 2 N–H and O–H groups in total. The second kappa shape index (κ2) is 7.28. The number of carbonyl (C=O) groups is 2. The highest BCUT2D eigenvalue weighted by Gasteiger charge is 2.17. The van der Waals surface area contributed by atoms with Crippen LogP contribution in [0.1, 0.15) is 33.3 Å². The molecule has 5 nitrogen and oxygen atoms in total. The molecule has 0 unspecified atom stereocenters. The Morgan fingerprint density at radius 2 is 2.04 bits per heavy atom. The Balaban J connectivity index is 2.04. The molecule has 2 aromatic rings. The van der Waals surface area contributed by atoms with Gasteiger partial charge >= 0.3 is 5.97 Å². The Bertz CT molecular complexity index is 736. The summed E-state index contributed by atoms with van der Waals surface area (Å²) in [6, 6.07) is 7.23. The molecule has 0 saturated heterocycles. The number of carbonyl (C=O) groups excluding carboxylic acids is 1. The molecule has 122 valence electrons. The predicted molar refractivity (Wildman–Crippen MR) is 90.7 cm³/mol. The van der Waals surface area contributed by atoms with Gasteiger partial charge in [-0.2, -0.15) is 0 Å². The Morgan fingerprint density at radius 1 is 1.30 bits per heavy atom. The normalized spacial score (nSPS) is 10.4. The fourth-order valence-corrected chi connectivity index (χ4v) is 3.06. The second-order valence-corrected chi connectivity index (χ2v) is 6.29. The molecule has 1 amide bonds. The monoisotopic (exact) mass is 333 g/mol. The van der Waals surface area contributed by atoms with E-state index >= 15 is 0 Å². The van der Waals surface area contributed by atoms with Crippen LogP contribution in [0.4, 0.5) is 5.00 Å². The number of hydrogen-bond acceptors (Lipinski definition) is 4. The number of anilines is 1. The van der Waals surface area contributed by atoms with Gasteiger partial charge in [-0.1, -0.05) is 19.1 Å². The number of ether oxygens (including phenoxy) is 1. The zero-order valence-electron chi connectivity index (χ0n) is 13.3. The van der Waals surface area contributed by atoms with Crippen LogP contribution in [-0.2, 0) is 11.2 Å². The van der Waals surface area contributed by atoms with Crippen molar-refractivity contribution < 1.29 is 19.4 Å². The summed E-state index contributed by atoms with van der Waals surface area (Å²) in [5, 5.41) is 12.2. The Kier molecular flexibility index (Phi) is 5.39. The van der Waals surface area contributed by atoms with Gasteiger partial charge in [-0.15, -0.1) is 11.3 Å². The summed E-state index contributed by atoms with van der Waals surface area (Å²) in [6.45, 7) is 5.67. The van der Waals surface area contributed by atoms with Crippen LogP contribution in [0, 0.1) is 13.8 Å². The quantitative estimate of drug-likeness (QED) is 0.846. The van der Waals surface area contributed by atoms with Gasteiger partial charge in [0.15, 0.2) is 6.61 Å². The van der Waals surface area contributed by atoms with Crippen molar-refractivity contribution in [1.82, 2.24) is 0 Å². The van der Waals surface area contributed by atoms with Crippen molar-refractivity contribution in [2.24, 2.45) is 0 Å². The number of rotatable bonds is 6. The zero-order valence-corrected chi connectivity index (χ0v) is 14.1. The highest BCUT2D eigenvalue weighted by Crippen LogP contribution is 2.28.